The summed E-state index contributed by atoms with van der Waals surface area (Å²) in [6, 6.07) is 0. The van der Waals surface area contributed by atoms with E-state index in [1.807, 2.05) is 0 Å². The summed E-state index contributed by atoms with van der Waals surface area (Å²) in [5.41, 5.74) is -3.40. The molecule has 1 aromatic rings. The molecule has 0 spiro atoms. The van der Waals surface area contributed by atoms with E-state index in [4.69, 9.17) is 14.2 Å². The standard InChI is InChI=1S/C16H23F3N2O5/c1-7-24-11(22)9-8-21(14(23)26-15(2,3)4)20-10(9)25-13(19)16(5,6)12(17)18/h8,12-13H,7H2,1-6H3. The van der Waals surface area contributed by atoms with Crippen LogP contribution in [0.15, 0.2) is 6.20 Å². The van der Waals surface area contributed by atoms with E-state index in [1.54, 1.807) is 20.8 Å². The second-order valence-corrected chi connectivity index (χ2v) is 7.05. The summed E-state index contributed by atoms with van der Waals surface area (Å²) in [5.74, 6) is -1.59. The van der Waals surface area contributed by atoms with Crippen molar-refractivity contribution < 1.29 is 37.0 Å². The lowest BCUT2D eigenvalue weighted by Crippen LogP contribution is -2.37. The van der Waals surface area contributed by atoms with Crippen molar-refractivity contribution in [1.29, 1.82) is 0 Å². The van der Waals surface area contributed by atoms with Gasteiger partial charge < -0.3 is 14.2 Å². The highest BCUT2D eigenvalue weighted by molar-refractivity contribution is 5.92. The van der Waals surface area contributed by atoms with E-state index < -0.39 is 41.7 Å². The third-order valence-electron chi connectivity index (χ3n) is 3.12. The number of ether oxygens (including phenoxy) is 3. The number of aromatic nitrogens is 2. The largest absolute Gasteiger partial charge is 0.462 e. The van der Waals surface area contributed by atoms with Crippen LogP contribution in [0.4, 0.5) is 18.0 Å². The predicted molar refractivity (Wildman–Crippen MR) is 85.1 cm³/mol. The Morgan fingerprint density at radius 3 is 2.23 bits per heavy atom. The topological polar surface area (TPSA) is 79.7 Å². The van der Waals surface area contributed by atoms with Gasteiger partial charge in [-0.3, -0.25) is 0 Å². The first kappa shape index (κ1) is 21.8. The van der Waals surface area contributed by atoms with Crippen LogP contribution in [-0.2, 0) is 9.47 Å². The highest BCUT2D eigenvalue weighted by Crippen LogP contribution is 2.33. The molecule has 26 heavy (non-hydrogen) atoms. The van der Waals surface area contributed by atoms with Gasteiger partial charge in [-0.05, 0) is 41.5 Å². The molecule has 0 aliphatic rings. The average Bonchev–Trinajstić information content (AvgIpc) is 2.89. The normalized spacial score (nSPS) is 13.5. The van der Waals surface area contributed by atoms with Gasteiger partial charge >= 0.3 is 12.1 Å². The monoisotopic (exact) mass is 380 g/mol. The lowest BCUT2D eigenvalue weighted by molar-refractivity contribution is -0.115. The molecule has 1 unspecified atom stereocenters. The second kappa shape index (κ2) is 7.96. The Morgan fingerprint density at radius 2 is 1.77 bits per heavy atom. The number of alkyl halides is 3. The van der Waals surface area contributed by atoms with Crippen molar-refractivity contribution >= 4 is 12.1 Å². The van der Waals surface area contributed by atoms with Gasteiger partial charge in [-0.2, -0.15) is 4.68 Å². The first-order chi connectivity index (χ1) is 11.8. The zero-order valence-electron chi connectivity index (χ0n) is 15.5. The summed E-state index contributed by atoms with van der Waals surface area (Å²) in [5, 5.41) is 3.64. The molecule has 0 radical (unpaired) electrons. The molecule has 148 valence electrons. The highest BCUT2D eigenvalue weighted by Gasteiger charge is 2.42. The molecule has 1 rings (SSSR count). The molecule has 0 aromatic carbocycles. The van der Waals surface area contributed by atoms with Crippen LogP contribution in [0, 0.1) is 5.41 Å². The molecule has 0 bridgehead atoms. The summed E-state index contributed by atoms with van der Waals surface area (Å²) in [4.78, 5) is 24.0. The third kappa shape index (κ3) is 5.37. The van der Waals surface area contributed by atoms with Crippen LogP contribution in [0.3, 0.4) is 0 Å². The SMILES string of the molecule is CCOC(=O)c1cn(C(=O)OC(C)(C)C)nc1OC(F)C(C)(C)C(F)F. The molecule has 0 aliphatic heterocycles. The maximum absolute atomic E-state index is 14.2. The summed E-state index contributed by atoms with van der Waals surface area (Å²) in [7, 11) is 0. The van der Waals surface area contributed by atoms with Crippen LogP contribution in [0.5, 0.6) is 5.88 Å². The third-order valence-corrected chi connectivity index (χ3v) is 3.12. The van der Waals surface area contributed by atoms with Crippen LogP contribution in [-0.4, -0.2) is 46.8 Å². The van der Waals surface area contributed by atoms with Gasteiger partial charge in [0.2, 0.25) is 6.43 Å². The minimum Gasteiger partial charge on any atom is -0.462 e. The molecule has 7 nitrogen and oxygen atoms in total. The molecule has 1 heterocycles. The maximum Gasteiger partial charge on any atom is 0.435 e. The fourth-order valence-electron chi connectivity index (χ4n) is 1.55. The van der Waals surface area contributed by atoms with Crippen molar-refractivity contribution in [3.8, 4) is 5.88 Å². The minimum atomic E-state index is -3.03. The van der Waals surface area contributed by atoms with Crippen LogP contribution in [0.1, 0.15) is 51.9 Å². The summed E-state index contributed by atoms with van der Waals surface area (Å²) in [6.07, 6.45) is -5.54. The molecule has 0 aliphatic carbocycles. The number of nitrogens with zero attached hydrogens (tertiary/aromatic N) is 2. The van der Waals surface area contributed by atoms with Gasteiger partial charge in [-0.15, -0.1) is 5.10 Å². The van der Waals surface area contributed by atoms with E-state index in [0.29, 0.717) is 4.68 Å². The van der Waals surface area contributed by atoms with E-state index in [1.165, 1.54) is 6.92 Å². The molecule has 0 saturated carbocycles. The number of hydrogen-bond acceptors (Lipinski definition) is 6. The second-order valence-electron chi connectivity index (χ2n) is 7.05. The van der Waals surface area contributed by atoms with Crippen LogP contribution in [0.25, 0.3) is 0 Å². The summed E-state index contributed by atoms with van der Waals surface area (Å²) < 4.78 is 55.4. The number of esters is 1. The van der Waals surface area contributed by atoms with Crippen molar-refractivity contribution in [3.05, 3.63) is 11.8 Å². The van der Waals surface area contributed by atoms with Gasteiger partial charge in [0.1, 0.15) is 11.2 Å². The molecule has 10 heteroatoms. The predicted octanol–water partition coefficient (Wildman–Crippen LogP) is 3.81. The maximum atomic E-state index is 14.2. The van der Waals surface area contributed by atoms with Gasteiger partial charge in [-0.1, -0.05) is 0 Å². The number of hydrogen-bond donors (Lipinski definition) is 0. The molecular weight excluding hydrogens is 357 g/mol. The number of rotatable bonds is 6. The average molecular weight is 380 g/mol. The summed E-state index contributed by atoms with van der Waals surface area (Å²) >= 11 is 0. The smallest absolute Gasteiger partial charge is 0.435 e. The van der Waals surface area contributed by atoms with E-state index >= 15 is 0 Å². The molecule has 0 N–H and O–H groups in total. The van der Waals surface area contributed by atoms with Gasteiger partial charge in [0.25, 0.3) is 12.2 Å². The van der Waals surface area contributed by atoms with E-state index in [9.17, 15) is 22.8 Å². The Hall–Kier alpha value is -2.26. The van der Waals surface area contributed by atoms with Gasteiger partial charge in [-0.25, -0.2) is 22.8 Å². The Kier molecular flexibility index (Phi) is 6.67. The van der Waals surface area contributed by atoms with Crippen molar-refractivity contribution in [2.24, 2.45) is 5.41 Å². The number of carbonyl (C=O) groups excluding carboxylic acids is 2. The zero-order valence-corrected chi connectivity index (χ0v) is 15.5. The molecule has 0 saturated heterocycles. The lowest BCUT2D eigenvalue weighted by atomic mass is 9.94. The molecule has 0 fully saturated rings. The molecule has 1 aromatic heterocycles. The Labute approximate surface area is 149 Å². The molecular formula is C16H23F3N2O5. The summed E-state index contributed by atoms with van der Waals surface area (Å²) in [6.45, 7) is 8.28. The Bertz CT molecular complexity index is 653. The number of halogens is 3. The minimum absolute atomic E-state index is 0.00251. The molecule has 0 amide bonds. The van der Waals surface area contributed by atoms with Crippen LogP contribution < -0.4 is 4.74 Å². The zero-order chi connectivity index (χ0) is 20.3. The fraction of sp³-hybridized carbons (Fsp3) is 0.688. The lowest BCUT2D eigenvalue weighted by Gasteiger charge is -2.27. The van der Waals surface area contributed by atoms with Gasteiger partial charge in [0.15, 0.2) is 0 Å². The van der Waals surface area contributed by atoms with Crippen LogP contribution >= 0.6 is 0 Å². The van der Waals surface area contributed by atoms with Gasteiger partial charge in [0.05, 0.1) is 18.2 Å². The van der Waals surface area contributed by atoms with Gasteiger partial charge in [0, 0.05) is 0 Å². The fourth-order valence-corrected chi connectivity index (χ4v) is 1.55. The quantitative estimate of drug-likeness (QED) is 0.698. The number of carbonyl (C=O) groups is 2. The first-order valence-corrected chi connectivity index (χ1v) is 7.88. The first-order valence-electron chi connectivity index (χ1n) is 7.88. The Morgan fingerprint density at radius 1 is 1.19 bits per heavy atom. The van der Waals surface area contributed by atoms with E-state index in [2.05, 4.69) is 5.10 Å². The van der Waals surface area contributed by atoms with Crippen molar-refractivity contribution in [1.82, 2.24) is 9.78 Å². The van der Waals surface area contributed by atoms with Crippen molar-refractivity contribution in [3.63, 3.8) is 0 Å². The highest BCUT2D eigenvalue weighted by atomic mass is 19.3. The van der Waals surface area contributed by atoms with Crippen LogP contribution in [0.2, 0.25) is 0 Å². The Balaban J connectivity index is 3.19. The van der Waals surface area contributed by atoms with E-state index in [0.717, 1.165) is 20.0 Å². The van der Waals surface area contributed by atoms with Crippen molar-refractivity contribution in [2.45, 2.75) is 59.9 Å². The van der Waals surface area contributed by atoms with Crippen molar-refractivity contribution in [2.75, 3.05) is 6.61 Å². The van der Waals surface area contributed by atoms with E-state index in [-0.39, 0.29) is 12.2 Å². The molecule has 1 atom stereocenters.